The van der Waals surface area contributed by atoms with Crippen LogP contribution in [0.1, 0.15) is 28.4 Å². The summed E-state index contributed by atoms with van der Waals surface area (Å²) in [5.74, 6) is -0.173. The van der Waals surface area contributed by atoms with E-state index in [4.69, 9.17) is 16.3 Å². The Bertz CT molecular complexity index is 718. The van der Waals surface area contributed by atoms with Crippen molar-refractivity contribution in [2.75, 3.05) is 11.9 Å². The van der Waals surface area contributed by atoms with Crippen molar-refractivity contribution in [2.24, 2.45) is 0 Å². The van der Waals surface area contributed by atoms with Crippen molar-refractivity contribution in [1.82, 2.24) is 10.3 Å². The van der Waals surface area contributed by atoms with E-state index >= 15 is 0 Å². The Balaban J connectivity index is 1.45. The molecule has 0 saturated carbocycles. The van der Waals surface area contributed by atoms with Crippen molar-refractivity contribution < 1.29 is 9.53 Å². The molecule has 4 rings (SSSR count). The summed E-state index contributed by atoms with van der Waals surface area (Å²) in [7, 11) is 0. The average Bonchev–Trinajstić information content (AvgIpc) is 3.20. The van der Waals surface area contributed by atoms with Gasteiger partial charge in [0.15, 0.2) is 0 Å². The molecule has 2 fully saturated rings. The average molecular weight is 330 g/mol. The number of nitrogens with one attached hydrogen (secondary N) is 2. The number of morpholine rings is 1. The molecule has 2 aliphatic heterocycles. The van der Waals surface area contributed by atoms with E-state index in [1.165, 1.54) is 6.20 Å². The van der Waals surface area contributed by atoms with E-state index in [-0.39, 0.29) is 12.0 Å². The van der Waals surface area contributed by atoms with Gasteiger partial charge in [-0.1, -0.05) is 23.7 Å². The van der Waals surface area contributed by atoms with Crippen molar-refractivity contribution in [1.29, 1.82) is 0 Å². The van der Waals surface area contributed by atoms with Crippen LogP contribution in [0.3, 0.4) is 0 Å². The number of fused-ring (bicyclic) bond motifs is 2. The van der Waals surface area contributed by atoms with Crippen molar-refractivity contribution in [2.45, 2.75) is 24.7 Å². The molecule has 0 spiro atoms. The first-order valence-corrected chi connectivity index (χ1v) is 7.98. The summed E-state index contributed by atoms with van der Waals surface area (Å²) in [6.07, 6.45) is 3.01. The van der Waals surface area contributed by atoms with Gasteiger partial charge in [-0.05, 0) is 36.2 Å². The third-order valence-corrected chi connectivity index (χ3v) is 4.54. The van der Waals surface area contributed by atoms with Crippen molar-refractivity contribution in [3.63, 3.8) is 0 Å². The Labute approximate surface area is 139 Å². The highest BCUT2D eigenvalue weighted by Crippen LogP contribution is 2.36. The van der Waals surface area contributed by atoms with E-state index in [2.05, 4.69) is 15.6 Å². The standard InChI is InChI=1S/C17H16ClN3O2/c18-15-6-5-12(8-20-15)21-17(22)11-3-1-10(2-4-11)16-14-7-13(23-16)9-19-14/h1-6,8,13-14,16,19H,7,9H2,(H,21,22). The van der Waals surface area contributed by atoms with Gasteiger partial charge in [0.05, 0.1) is 24.1 Å². The Morgan fingerprint density at radius 2 is 2.09 bits per heavy atom. The monoisotopic (exact) mass is 329 g/mol. The molecule has 5 nitrogen and oxygen atoms in total. The molecule has 1 aromatic heterocycles. The molecular formula is C17H16ClN3O2. The number of aromatic nitrogens is 1. The maximum Gasteiger partial charge on any atom is 0.255 e. The molecule has 2 aromatic rings. The first-order valence-electron chi connectivity index (χ1n) is 7.61. The Morgan fingerprint density at radius 3 is 2.70 bits per heavy atom. The second kappa shape index (κ2) is 5.92. The van der Waals surface area contributed by atoms with E-state index in [9.17, 15) is 4.79 Å². The topological polar surface area (TPSA) is 63.2 Å². The Hall–Kier alpha value is -1.95. The Morgan fingerprint density at radius 1 is 1.26 bits per heavy atom. The molecule has 2 N–H and O–H groups in total. The van der Waals surface area contributed by atoms with E-state index in [1.807, 2.05) is 24.3 Å². The zero-order chi connectivity index (χ0) is 15.8. The van der Waals surface area contributed by atoms with Gasteiger partial charge in [0.1, 0.15) is 5.15 Å². The van der Waals surface area contributed by atoms with Crippen LogP contribution in [-0.4, -0.2) is 29.6 Å². The van der Waals surface area contributed by atoms with Gasteiger partial charge in [0.25, 0.3) is 5.91 Å². The van der Waals surface area contributed by atoms with Crippen LogP contribution >= 0.6 is 11.6 Å². The van der Waals surface area contributed by atoms with Gasteiger partial charge >= 0.3 is 0 Å². The number of benzene rings is 1. The molecule has 1 amide bonds. The molecule has 2 aliphatic rings. The highest BCUT2D eigenvalue weighted by molar-refractivity contribution is 6.29. The zero-order valence-electron chi connectivity index (χ0n) is 12.3. The third-order valence-electron chi connectivity index (χ3n) is 4.32. The van der Waals surface area contributed by atoms with Crippen LogP contribution in [0.2, 0.25) is 5.15 Å². The van der Waals surface area contributed by atoms with Crippen molar-refractivity contribution in [3.8, 4) is 0 Å². The zero-order valence-corrected chi connectivity index (χ0v) is 13.1. The number of hydrogen-bond donors (Lipinski definition) is 2. The molecular weight excluding hydrogens is 314 g/mol. The lowest BCUT2D eigenvalue weighted by Gasteiger charge is -2.23. The maximum atomic E-state index is 12.2. The number of amides is 1. The second-order valence-corrected chi connectivity index (χ2v) is 6.26. The summed E-state index contributed by atoms with van der Waals surface area (Å²) < 4.78 is 5.97. The number of pyridine rings is 1. The van der Waals surface area contributed by atoms with Crippen LogP contribution < -0.4 is 10.6 Å². The van der Waals surface area contributed by atoms with E-state index in [0.29, 0.717) is 28.5 Å². The summed E-state index contributed by atoms with van der Waals surface area (Å²) >= 11 is 5.73. The van der Waals surface area contributed by atoms with Crippen LogP contribution in [0.25, 0.3) is 0 Å². The largest absolute Gasteiger partial charge is 0.367 e. The molecule has 0 aliphatic carbocycles. The number of carbonyl (C=O) groups is 1. The van der Waals surface area contributed by atoms with Gasteiger partial charge < -0.3 is 15.4 Å². The summed E-state index contributed by atoms with van der Waals surface area (Å²) in [5.41, 5.74) is 2.32. The fourth-order valence-electron chi connectivity index (χ4n) is 3.16. The number of rotatable bonds is 3. The third kappa shape index (κ3) is 2.95. The predicted octanol–water partition coefficient (Wildman–Crippen LogP) is 2.79. The lowest BCUT2D eigenvalue weighted by atomic mass is 10.0. The molecule has 23 heavy (non-hydrogen) atoms. The number of anilines is 1. The maximum absolute atomic E-state index is 12.2. The predicted molar refractivity (Wildman–Crippen MR) is 87.7 cm³/mol. The fourth-order valence-corrected chi connectivity index (χ4v) is 3.27. The lowest BCUT2D eigenvalue weighted by molar-refractivity contribution is 0.0160. The van der Waals surface area contributed by atoms with Crippen LogP contribution in [0.4, 0.5) is 5.69 Å². The normalized spacial score (nSPS) is 25.5. The number of carbonyl (C=O) groups excluding carboxylic acids is 1. The number of nitrogens with zero attached hydrogens (tertiary/aromatic N) is 1. The lowest BCUT2D eigenvalue weighted by Crippen LogP contribution is -2.34. The van der Waals surface area contributed by atoms with E-state index in [0.717, 1.165) is 18.5 Å². The smallest absolute Gasteiger partial charge is 0.255 e. The number of hydrogen-bond acceptors (Lipinski definition) is 4. The molecule has 2 bridgehead atoms. The highest BCUT2D eigenvalue weighted by Gasteiger charge is 2.41. The van der Waals surface area contributed by atoms with E-state index in [1.54, 1.807) is 12.1 Å². The molecule has 1 aromatic carbocycles. The van der Waals surface area contributed by atoms with Gasteiger partial charge in [-0.25, -0.2) is 4.98 Å². The van der Waals surface area contributed by atoms with Crippen molar-refractivity contribution >= 4 is 23.2 Å². The minimum Gasteiger partial charge on any atom is -0.367 e. The van der Waals surface area contributed by atoms with Crippen LogP contribution in [0, 0.1) is 0 Å². The minimum absolute atomic E-state index is 0.0892. The SMILES string of the molecule is O=C(Nc1ccc(Cl)nc1)c1ccc(C2OC3CNC2C3)cc1. The van der Waals surface area contributed by atoms with E-state index < -0.39 is 0 Å². The summed E-state index contributed by atoms with van der Waals surface area (Å²) in [6.45, 7) is 0.941. The second-order valence-electron chi connectivity index (χ2n) is 5.87. The summed E-state index contributed by atoms with van der Waals surface area (Å²) in [6, 6.07) is 11.3. The van der Waals surface area contributed by atoms with Gasteiger partial charge in [-0.3, -0.25) is 4.79 Å². The van der Waals surface area contributed by atoms with Crippen LogP contribution in [0.15, 0.2) is 42.6 Å². The number of ether oxygens (including phenoxy) is 1. The van der Waals surface area contributed by atoms with Gasteiger partial charge in [0, 0.05) is 18.2 Å². The quantitative estimate of drug-likeness (QED) is 0.850. The molecule has 118 valence electrons. The first kappa shape index (κ1) is 14.6. The summed E-state index contributed by atoms with van der Waals surface area (Å²) in [4.78, 5) is 16.2. The molecule has 3 unspecified atom stereocenters. The van der Waals surface area contributed by atoms with Gasteiger partial charge in [-0.2, -0.15) is 0 Å². The van der Waals surface area contributed by atoms with Crippen LogP contribution in [0.5, 0.6) is 0 Å². The fraction of sp³-hybridized carbons (Fsp3) is 0.294. The van der Waals surface area contributed by atoms with Crippen LogP contribution in [-0.2, 0) is 4.74 Å². The molecule has 0 radical (unpaired) electrons. The molecule has 2 saturated heterocycles. The van der Waals surface area contributed by atoms with Crippen molar-refractivity contribution in [3.05, 3.63) is 58.9 Å². The number of halogens is 1. The minimum atomic E-state index is -0.173. The highest BCUT2D eigenvalue weighted by atomic mass is 35.5. The van der Waals surface area contributed by atoms with Gasteiger partial charge in [0.2, 0.25) is 0 Å². The molecule has 3 heterocycles. The first-order chi connectivity index (χ1) is 11.2. The van der Waals surface area contributed by atoms with Gasteiger partial charge in [-0.15, -0.1) is 0 Å². The Kier molecular flexibility index (Phi) is 3.77. The molecule has 6 heteroatoms. The summed E-state index contributed by atoms with van der Waals surface area (Å²) in [5, 5.41) is 6.65. The molecule has 3 atom stereocenters.